The number of likely N-dealkylation sites (tertiary alicyclic amines) is 1. The summed E-state index contributed by atoms with van der Waals surface area (Å²) < 4.78 is 33.2. The first-order valence-electron chi connectivity index (χ1n) is 14.8. The number of nitrogens with zero attached hydrogens (tertiary/aromatic N) is 1. The predicted molar refractivity (Wildman–Crippen MR) is 163 cm³/mol. The normalized spacial score (nSPS) is 16.8. The number of piperidine rings is 1. The van der Waals surface area contributed by atoms with E-state index in [-0.39, 0.29) is 24.9 Å². The first-order chi connectivity index (χ1) is 19.8. The van der Waals surface area contributed by atoms with Crippen LogP contribution in [0.2, 0.25) is 0 Å². The van der Waals surface area contributed by atoms with Gasteiger partial charge >= 0.3 is 0 Å². The van der Waals surface area contributed by atoms with Gasteiger partial charge in [0, 0.05) is 32.9 Å². The van der Waals surface area contributed by atoms with Gasteiger partial charge in [-0.15, -0.1) is 0 Å². The number of amides is 1. The van der Waals surface area contributed by atoms with Gasteiger partial charge in [0.15, 0.2) is 0 Å². The Kier molecular flexibility index (Phi) is 14.5. The van der Waals surface area contributed by atoms with E-state index in [1.165, 1.54) is 17.7 Å². The van der Waals surface area contributed by atoms with Crippen molar-refractivity contribution in [2.45, 2.75) is 70.2 Å². The molecule has 0 spiro atoms. The quantitative estimate of drug-likeness (QED) is 0.250. The van der Waals surface area contributed by atoms with E-state index in [2.05, 4.69) is 34.6 Å². The lowest BCUT2D eigenvalue weighted by Gasteiger charge is -2.38. The molecule has 9 heteroatoms. The Morgan fingerprint density at radius 3 is 2.49 bits per heavy atom. The van der Waals surface area contributed by atoms with Crippen molar-refractivity contribution < 1.29 is 23.4 Å². The van der Waals surface area contributed by atoms with Gasteiger partial charge in [-0.1, -0.05) is 31.2 Å². The topological polar surface area (TPSA) is 73.8 Å². The summed E-state index contributed by atoms with van der Waals surface area (Å²) in [5.74, 6) is -0.0732. The Morgan fingerprint density at radius 1 is 1.12 bits per heavy atom. The molecule has 0 aliphatic carbocycles. The van der Waals surface area contributed by atoms with E-state index in [9.17, 15) is 18.7 Å². The van der Waals surface area contributed by atoms with Gasteiger partial charge in [-0.25, -0.2) is 8.78 Å². The first-order valence-corrected chi connectivity index (χ1v) is 16.2. The second-order valence-electron chi connectivity index (χ2n) is 11.0. The number of aliphatic hydroxyl groups is 1. The minimum atomic E-state index is -0.958. The van der Waals surface area contributed by atoms with Gasteiger partial charge < -0.3 is 20.5 Å². The van der Waals surface area contributed by atoms with Crippen LogP contribution >= 0.6 is 11.8 Å². The third-order valence-corrected chi connectivity index (χ3v) is 8.61. The summed E-state index contributed by atoms with van der Waals surface area (Å²) in [5, 5.41) is 17.6. The minimum Gasteiger partial charge on any atom is -0.390 e. The monoisotopic (exact) mass is 591 g/mol. The smallest absolute Gasteiger partial charge is 0.237 e. The van der Waals surface area contributed by atoms with Crippen LogP contribution in [0.5, 0.6) is 0 Å². The molecule has 41 heavy (non-hydrogen) atoms. The van der Waals surface area contributed by atoms with Crippen LogP contribution in [0.25, 0.3) is 0 Å². The number of carbonyl (C=O) groups excluding carboxylic acids is 1. The summed E-state index contributed by atoms with van der Waals surface area (Å²) in [6, 6.07) is 10.6. The molecule has 0 unspecified atom stereocenters. The van der Waals surface area contributed by atoms with Gasteiger partial charge in [-0.2, -0.15) is 11.8 Å². The fraction of sp³-hybridized carbons (Fsp3) is 0.594. The summed E-state index contributed by atoms with van der Waals surface area (Å²) in [7, 11) is 1.72. The van der Waals surface area contributed by atoms with Crippen LogP contribution < -0.4 is 10.6 Å². The average Bonchev–Trinajstić information content (AvgIpc) is 2.96. The minimum absolute atomic E-state index is 0.114. The number of nitrogens with one attached hydrogen (secondary N) is 2. The van der Waals surface area contributed by atoms with E-state index < -0.39 is 23.8 Å². The molecule has 0 saturated carbocycles. The Morgan fingerprint density at radius 2 is 1.83 bits per heavy atom. The third-order valence-electron chi connectivity index (χ3n) is 7.97. The summed E-state index contributed by atoms with van der Waals surface area (Å²) in [5.41, 5.74) is 2.74. The fourth-order valence-electron chi connectivity index (χ4n) is 5.56. The Hall–Kier alpha value is -2.04. The van der Waals surface area contributed by atoms with Crippen LogP contribution in [0.15, 0.2) is 42.5 Å². The summed E-state index contributed by atoms with van der Waals surface area (Å²) in [4.78, 5) is 16.0. The first kappa shape index (κ1) is 33.5. The molecule has 228 valence electrons. The van der Waals surface area contributed by atoms with Gasteiger partial charge in [-0.05, 0) is 98.4 Å². The number of hydrogen-bond acceptors (Lipinski definition) is 6. The van der Waals surface area contributed by atoms with Crippen LogP contribution in [0.3, 0.4) is 0 Å². The van der Waals surface area contributed by atoms with Gasteiger partial charge in [0.1, 0.15) is 11.6 Å². The molecule has 3 N–H and O–H groups in total. The lowest BCUT2D eigenvalue weighted by molar-refractivity contribution is -0.128. The highest BCUT2D eigenvalue weighted by atomic mass is 32.2. The number of aryl methyl sites for hydroxylation is 1. The molecule has 2 aromatic rings. The van der Waals surface area contributed by atoms with Gasteiger partial charge in [0.2, 0.25) is 5.91 Å². The van der Waals surface area contributed by atoms with Crippen LogP contribution in [0.1, 0.15) is 49.3 Å². The van der Waals surface area contributed by atoms with Crippen molar-refractivity contribution in [3.8, 4) is 0 Å². The van der Waals surface area contributed by atoms with E-state index in [0.29, 0.717) is 24.4 Å². The van der Waals surface area contributed by atoms with E-state index in [0.717, 1.165) is 62.8 Å². The van der Waals surface area contributed by atoms with Crippen molar-refractivity contribution in [3.05, 3.63) is 70.8 Å². The molecular weight excluding hydrogens is 544 g/mol. The van der Waals surface area contributed by atoms with Crippen molar-refractivity contribution in [2.75, 3.05) is 45.4 Å². The number of halogens is 2. The molecule has 0 aromatic heterocycles. The maximum Gasteiger partial charge on any atom is 0.237 e. The van der Waals surface area contributed by atoms with E-state index in [4.69, 9.17) is 4.74 Å². The van der Waals surface area contributed by atoms with Crippen molar-refractivity contribution >= 4 is 17.7 Å². The number of methoxy groups -OCH3 is 1. The summed E-state index contributed by atoms with van der Waals surface area (Å²) >= 11 is 1.70. The summed E-state index contributed by atoms with van der Waals surface area (Å²) in [6.45, 7) is 5.31. The molecule has 1 heterocycles. The molecule has 1 aliphatic heterocycles. The predicted octanol–water partition coefficient (Wildman–Crippen LogP) is 4.58. The van der Waals surface area contributed by atoms with Crippen molar-refractivity contribution in [1.82, 2.24) is 15.5 Å². The van der Waals surface area contributed by atoms with E-state index in [1.54, 1.807) is 18.9 Å². The van der Waals surface area contributed by atoms with E-state index >= 15 is 0 Å². The summed E-state index contributed by atoms with van der Waals surface area (Å²) in [6.07, 6.45) is 5.88. The van der Waals surface area contributed by atoms with Crippen molar-refractivity contribution in [2.24, 2.45) is 5.92 Å². The van der Waals surface area contributed by atoms with Crippen LogP contribution in [0.4, 0.5) is 8.78 Å². The number of aliphatic hydroxyl groups excluding tert-OH is 1. The van der Waals surface area contributed by atoms with Crippen molar-refractivity contribution in [3.63, 3.8) is 0 Å². The number of hydrogen-bond donors (Lipinski definition) is 3. The molecule has 1 amide bonds. The Balaban J connectivity index is 1.70. The van der Waals surface area contributed by atoms with Crippen molar-refractivity contribution in [1.29, 1.82) is 0 Å². The molecule has 0 radical (unpaired) electrons. The van der Waals surface area contributed by atoms with Gasteiger partial charge in [-0.3, -0.25) is 9.69 Å². The average molecular weight is 592 g/mol. The highest BCUT2D eigenvalue weighted by Crippen LogP contribution is 2.24. The Bertz CT molecular complexity index is 1050. The zero-order chi connectivity index (χ0) is 29.6. The highest BCUT2D eigenvalue weighted by Gasteiger charge is 2.32. The molecule has 2 aromatic carbocycles. The van der Waals surface area contributed by atoms with Crippen LogP contribution in [-0.4, -0.2) is 79.5 Å². The van der Waals surface area contributed by atoms with Gasteiger partial charge in [0.25, 0.3) is 0 Å². The number of carbonyl (C=O) groups is 1. The van der Waals surface area contributed by atoms with Crippen LogP contribution in [-0.2, 0) is 28.9 Å². The Labute approximate surface area is 248 Å². The molecule has 0 bridgehead atoms. The zero-order valence-corrected chi connectivity index (χ0v) is 25.5. The molecule has 3 atom stereocenters. The standard InChI is InChI=1S/C32H47F2N3O3S/c1-4-23-6-5-7-25(16-23)21-35-22-31(38)29(19-26-17-27(33)20-28(34)18-26)36-32(39)30(11-15-41-3)37-12-8-24(9-13-37)10-14-40-2/h5-7,16-18,20,24,29-31,35,38H,4,8-15,19,21-22H2,1-3H3,(H,36,39)/t29-,30-,31+/m0/s1. The molecule has 1 saturated heterocycles. The van der Waals surface area contributed by atoms with E-state index in [1.807, 2.05) is 18.4 Å². The maximum absolute atomic E-state index is 14.0. The SMILES string of the molecule is CCc1cccc(CNC[C@@H](O)[C@H](Cc2cc(F)cc(F)c2)NC(=O)[C@H](CCSC)N2CCC(CCOC)CC2)c1. The largest absolute Gasteiger partial charge is 0.390 e. The zero-order valence-electron chi connectivity index (χ0n) is 24.7. The number of thioether (sulfide) groups is 1. The third kappa shape index (κ3) is 11.3. The molecule has 6 nitrogen and oxygen atoms in total. The second kappa shape index (κ2) is 17.8. The lowest BCUT2D eigenvalue weighted by Crippen LogP contribution is -2.56. The fourth-order valence-corrected chi connectivity index (χ4v) is 6.02. The number of rotatable bonds is 17. The molecule has 3 rings (SSSR count). The second-order valence-corrected chi connectivity index (χ2v) is 12.0. The van der Waals surface area contributed by atoms with Gasteiger partial charge in [0.05, 0.1) is 18.2 Å². The number of ether oxygens (including phenoxy) is 1. The molecular formula is C32H47F2N3O3S. The molecule has 1 aliphatic rings. The lowest BCUT2D eigenvalue weighted by atomic mass is 9.92. The van der Waals surface area contributed by atoms with Crippen LogP contribution in [0, 0.1) is 17.6 Å². The maximum atomic E-state index is 14.0. The highest BCUT2D eigenvalue weighted by molar-refractivity contribution is 7.98. The molecule has 1 fully saturated rings. The number of benzene rings is 2.